The van der Waals surface area contributed by atoms with E-state index in [-0.39, 0.29) is 12.5 Å². The minimum absolute atomic E-state index is 0.0283. The Hall–Kier alpha value is -0.620. The first kappa shape index (κ1) is 10.9. The second-order valence-electron chi connectivity index (χ2n) is 3.66. The van der Waals surface area contributed by atoms with Gasteiger partial charge >= 0.3 is 5.97 Å². The Balaban J connectivity index is 1.96. The van der Waals surface area contributed by atoms with Gasteiger partial charge in [-0.25, -0.2) is 4.98 Å². The van der Waals surface area contributed by atoms with E-state index < -0.39 is 5.97 Å². The first-order valence-corrected chi connectivity index (χ1v) is 6.42. The van der Waals surface area contributed by atoms with Gasteiger partial charge in [0.25, 0.3) is 0 Å². The Morgan fingerprint density at radius 1 is 1.80 bits per heavy atom. The minimum atomic E-state index is -0.755. The molecule has 0 saturated heterocycles. The van der Waals surface area contributed by atoms with Gasteiger partial charge in [0.05, 0.1) is 6.42 Å². The summed E-state index contributed by atoms with van der Waals surface area (Å²) in [5, 5.41) is 14.6. The van der Waals surface area contributed by atoms with Crippen molar-refractivity contribution >= 4 is 38.4 Å². The fourth-order valence-corrected chi connectivity index (χ4v) is 2.71. The van der Waals surface area contributed by atoms with Crippen molar-refractivity contribution in [2.45, 2.75) is 25.3 Å². The summed E-state index contributed by atoms with van der Waals surface area (Å²) in [4.78, 5) is 14.9. The summed E-state index contributed by atoms with van der Waals surface area (Å²) in [5.74, 6) is -0.251. The highest BCUT2D eigenvalue weighted by Crippen LogP contribution is 2.36. The third kappa shape index (κ3) is 3.17. The number of carbonyl (C=O) groups is 1. The summed E-state index contributed by atoms with van der Waals surface area (Å²) in [7, 11) is 0. The molecular formula is C9H11BrN2O2S. The topological polar surface area (TPSA) is 62.2 Å². The van der Waals surface area contributed by atoms with Crippen LogP contribution in [0.3, 0.4) is 0 Å². The number of aliphatic carboxylic acids is 1. The van der Waals surface area contributed by atoms with E-state index in [9.17, 15) is 4.79 Å². The lowest BCUT2D eigenvalue weighted by atomic mass is 10.1. The monoisotopic (exact) mass is 290 g/mol. The van der Waals surface area contributed by atoms with Gasteiger partial charge in [-0.1, -0.05) is 0 Å². The fourth-order valence-electron chi connectivity index (χ4n) is 1.50. The number of halogens is 1. The van der Waals surface area contributed by atoms with Crippen LogP contribution in [-0.2, 0) is 4.79 Å². The van der Waals surface area contributed by atoms with Crippen molar-refractivity contribution in [1.82, 2.24) is 4.98 Å². The Morgan fingerprint density at radius 3 is 3.00 bits per heavy atom. The number of anilines is 1. The molecule has 1 aliphatic rings. The Bertz CT molecular complexity index is 365. The number of carboxylic acid groups (broad SMARTS) is 1. The van der Waals surface area contributed by atoms with Crippen molar-refractivity contribution in [1.29, 1.82) is 0 Å². The molecule has 1 unspecified atom stereocenters. The summed E-state index contributed by atoms with van der Waals surface area (Å²) in [6.07, 6.45) is 2.41. The second-order valence-corrected chi connectivity index (χ2v) is 5.33. The van der Waals surface area contributed by atoms with E-state index in [1.165, 1.54) is 11.3 Å². The molecule has 1 aliphatic carbocycles. The maximum Gasteiger partial charge on any atom is 0.305 e. The molecule has 2 rings (SSSR count). The van der Waals surface area contributed by atoms with Crippen LogP contribution in [-0.4, -0.2) is 22.1 Å². The molecular weight excluding hydrogens is 280 g/mol. The molecule has 82 valence electrons. The molecule has 1 aromatic rings. The number of rotatable bonds is 5. The Labute approximate surface area is 99.8 Å². The molecule has 0 aliphatic heterocycles. The first-order chi connectivity index (χ1) is 7.15. The highest BCUT2D eigenvalue weighted by atomic mass is 79.9. The lowest BCUT2D eigenvalue weighted by Crippen LogP contribution is -2.25. The summed E-state index contributed by atoms with van der Waals surface area (Å²) in [6, 6.07) is 0.0283. The molecule has 0 bridgehead atoms. The van der Waals surface area contributed by atoms with E-state index in [2.05, 4.69) is 26.2 Å². The van der Waals surface area contributed by atoms with Crippen LogP contribution in [0.1, 0.15) is 19.3 Å². The summed E-state index contributed by atoms with van der Waals surface area (Å²) in [5.41, 5.74) is 0. The zero-order chi connectivity index (χ0) is 10.8. The maximum absolute atomic E-state index is 10.7. The van der Waals surface area contributed by atoms with Gasteiger partial charge in [0.2, 0.25) is 0 Å². The van der Waals surface area contributed by atoms with Gasteiger partial charge in [-0.15, -0.1) is 11.3 Å². The molecule has 2 N–H and O–H groups in total. The van der Waals surface area contributed by atoms with Gasteiger partial charge in [0.1, 0.15) is 4.60 Å². The fraction of sp³-hybridized carbons (Fsp3) is 0.556. The number of hydrogen-bond acceptors (Lipinski definition) is 4. The molecule has 0 aromatic carbocycles. The Morgan fingerprint density at radius 2 is 2.53 bits per heavy atom. The average Bonchev–Trinajstić information content (AvgIpc) is 2.90. The summed E-state index contributed by atoms with van der Waals surface area (Å²) in [6.45, 7) is 0. The van der Waals surface area contributed by atoms with Gasteiger partial charge in [0, 0.05) is 11.4 Å². The highest BCUT2D eigenvalue weighted by molar-refractivity contribution is 9.10. The van der Waals surface area contributed by atoms with E-state index >= 15 is 0 Å². The van der Waals surface area contributed by atoms with Crippen LogP contribution in [0, 0.1) is 5.92 Å². The number of nitrogens with one attached hydrogen (secondary N) is 1. The number of thiazole rings is 1. The molecule has 1 saturated carbocycles. The average molecular weight is 291 g/mol. The van der Waals surface area contributed by atoms with Gasteiger partial charge in [-0.05, 0) is 34.7 Å². The molecule has 0 radical (unpaired) electrons. The van der Waals surface area contributed by atoms with Crippen molar-refractivity contribution in [2.75, 3.05) is 5.32 Å². The lowest BCUT2D eigenvalue weighted by molar-refractivity contribution is -0.137. The standard InChI is InChI=1S/C9H11BrN2O2S/c10-7-4-15-9(12-7)11-6(3-8(13)14)5-1-2-5/h4-6H,1-3H2,(H,11,12)(H,13,14). The number of carboxylic acids is 1. The molecule has 1 aromatic heterocycles. The number of hydrogen-bond donors (Lipinski definition) is 2. The van der Waals surface area contributed by atoms with Crippen LogP contribution in [0.2, 0.25) is 0 Å². The predicted molar refractivity (Wildman–Crippen MR) is 62.2 cm³/mol. The van der Waals surface area contributed by atoms with Crippen LogP contribution in [0.25, 0.3) is 0 Å². The predicted octanol–water partition coefficient (Wildman–Crippen LogP) is 2.57. The smallest absolute Gasteiger partial charge is 0.305 e. The van der Waals surface area contributed by atoms with Crippen LogP contribution in [0.15, 0.2) is 9.98 Å². The zero-order valence-corrected chi connectivity index (χ0v) is 10.3. The molecule has 1 heterocycles. The van der Waals surface area contributed by atoms with Crippen molar-refractivity contribution < 1.29 is 9.90 Å². The molecule has 1 fully saturated rings. The van der Waals surface area contributed by atoms with E-state index in [4.69, 9.17) is 5.11 Å². The number of aromatic nitrogens is 1. The highest BCUT2D eigenvalue weighted by Gasteiger charge is 2.33. The van der Waals surface area contributed by atoms with Crippen LogP contribution in [0.5, 0.6) is 0 Å². The summed E-state index contributed by atoms with van der Waals surface area (Å²) >= 11 is 4.76. The molecule has 6 heteroatoms. The summed E-state index contributed by atoms with van der Waals surface area (Å²) < 4.78 is 0.792. The third-order valence-corrected chi connectivity index (χ3v) is 3.85. The van der Waals surface area contributed by atoms with E-state index in [1.807, 2.05) is 5.38 Å². The molecule has 4 nitrogen and oxygen atoms in total. The zero-order valence-electron chi connectivity index (χ0n) is 7.94. The van der Waals surface area contributed by atoms with E-state index in [0.717, 1.165) is 22.6 Å². The van der Waals surface area contributed by atoms with Gasteiger partial charge < -0.3 is 10.4 Å². The van der Waals surface area contributed by atoms with Gasteiger partial charge in [-0.2, -0.15) is 0 Å². The maximum atomic E-state index is 10.7. The molecule has 0 amide bonds. The molecule has 15 heavy (non-hydrogen) atoms. The van der Waals surface area contributed by atoms with Gasteiger partial charge in [0.15, 0.2) is 5.13 Å². The van der Waals surface area contributed by atoms with E-state index in [1.54, 1.807) is 0 Å². The largest absolute Gasteiger partial charge is 0.481 e. The van der Waals surface area contributed by atoms with Crippen molar-refractivity contribution in [3.8, 4) is 0 Å². The van der Waals surface area contributed by atoms with Crippen molar-refractivity contribution in [2.24, 2.45) is 5.92 Å². The van der Waals surface area contributed by atoms with Crippen molar-refractivity contribution in [3.63, 3.8) is 0 Å². The van der Waals surface area contributed by atoms with Crippen LogP contribution >= 0.6 is 27.3 Å². The SMILES string of the molecule is O=C(O)CC(Nc1nc(Br)cs1)C1CC1. The van der Waals surface area contributed by atoms with Crippen molar-refractivity contribution in [3.05, 3.63) is 9.98 Å². The third-order valence-electron chi connectivity index (χ3n) is 2.37. The van der Waals surface area contributed by atoms with E-state index in [0.29, 0.717) is 5.92 Å². The van der Waals surface area contributed by atoms with Crippen LogP contribution in [0.4, 0.5) is 5.13 Å². The van der Waals surface area contributed by atoms with Gasteiger partial charge in [-0.3, -0.25) is 4.79 Å². The first-order valence-electron chi connectivity index (χ1n) is 4.74. The number of nitrogens with zero attached hydrogens (tertiary/aromatic N) is 1. The normalized spacial score (nSPS) is 17.4. The lowest BCUT2D eigenvalue weighted by Gasteiger charge is -2.14. The molecule has 0 spiro atoms. The quantitative estimate of drug-likeness (QED) is 0.875. The van der Waals surface area contributed by atoms with Crippen LogP contribution < -0.4 is 5.32 Å². The second kappa shape index (κ2) is 4.49. The molecule has 1 atom stereocenters. The Kier molecular flexibility index (Phi) is 3.25. The minimum Gasteiger partial charge on any atom is -0.481 e.